The van der Waals surface area contributed by atoms with Gasteiger partial charge in [0.15, 0.2) is 5.79 Å². The van der Waals surface area contributed by atoms with E-state index in [0.717, 1.165) is 25.9 Å². The Morgan fingerprint density at radius 3 is 2.69 bits per heavy atom. The van der Waals surface area contributed by atoms with Crippen LogP contribution in [-0.2, 0) is 9.47 Å². The smallest absolute Gasteiger partial charge is 0.168 e. The van der Waals surface area contributed by atoms with E-state index in [1.54, 1.807) is 0 Å². The summed E-state index contributed by atoms with van der Waals surface area (Å²) in [5.41, 5.74) is 0. The Morgan fingerprint density at radius 2 is 2.23 bits per heavy atom. The molecule has 1 aliphatic rings. The molecule has 1 fully saturated rings. The molecule has 2 unspecified atom stereocenters. The average Bonchev–Trinajstić information content (AvgIpc) is 2.46. The lowest BCUT2D eigenvalue weighted by atomic mass is 10.1. The van der Waals surface area contributed by atoms with Gasteiger partial charge in [-0.25, -0.2) is 0 Å². The standard InChI is InChI=1S/C11H22O2/c1-4-6-8-11(12-5-2)9-7-10(3)13-11/h10H,4-9H2,1-3H3. The molecule has 0 aliphatic carbocycles. The van der Waals surface area contributed by atoms with Crippen LogP contribution in [0.1, 0.15) is 52.9 Å². The summed E-state index contributed by atoms with van der Waals surface area (Å²) < 4.78 is 11.6. The van der Waals surface area contributed by atoms with Crippen LogP contribution in [0.5, 0.6) is 0 Å². The molecule has 0 amide bonds. The lowest BCUT2D eigenvalue weighted by Crippen LogP contribution is -2.32. The van der Waals surface area contributed by atoms with E-state index in [4.69, 9.17) is 9.47 Å². The Balaban J connectivity index is 2.44. The lowest BCUT2D eigenvalue weighted by Gasteiger charge is -2.28. The van der Waals surface area contributed by atoms with Gasteiger partial charge in [-0.1, -0.05) is 13.3 Å². The highest BCUT2D eigenvalue weighted by Crippen LogP contribution is 2.35. The molecular weight excluding hydrogens is 164 g/mol. The first-order valence-corrected chi connectivity index (χ1v) is 5.54. The van der Waals surface area contributed by atoms with Gasteiger partial charge in [0.2, 0.25) is 0 Å². The molecule has 0 radical (unpaired) electrons. The van der Waals surface area contributed by atoms with Crippen LogP contribution in [0.3, 0.4) is 0 Å². The predicted octanol–water partition coefficient (Wildman–Crippen LogP) is 3.11. The van der Waals surface area contributed by atoms with Gasteiger partial charge in [0.05, 0.1) is 6.10 Å². The molecule has 0 spiro atoms. The van der Waals surface area contributed by atoms with Crippen molar-refractivity contribution in [3.8, 4) is 0 Å². The van der Waals surface area contributed by atoms with Crippen molar-refractivity contribution < 1.29 is 9.47 Å². The molecule has 0 aromatic rings. The summed E-state index contributed by atoms with van der Waals surface area (Å²) in [6.07, 6.45) is 6.07. The minimum absolute atomic E-state index is 0.232. The summed E-state index contributed by atoms with van der Waals surface area (Å²) in [7, 11) is 0. The molecule has 78 valence electrons. The normalized spacial score (nSPS) is 33.9. The van der Waals surface area contributed by atoms with Crippen LogP contribution in [0.15, 0.2) is 0 Å². The fourth-order valence-corrected chi connectivity index (χ4v) is 1.98. The second-order valence-electron chi connectivity index (χ2n) is 3.91. The van der Waals surface area contributed by atoms with E-state index >= 15 is 0 Å². The molecule has 1 rings (SSSR count). The van der Waals surface area contributed by atoms with E-state index in [1.165, 1.54) is 12.8 Å². The Bertz CT molecular complexity index is 143. The second kappa shape index (κ2) is 4.97. The van der Waals surface area contributed by atoms with Crippen LogP contribution < -0.4 is 0 Å². The van der Waals surface area contributed by atoms with Gasteiger partial charge in [-0.05, 0) is 26.7 Å². The zero-order chi connectivity index (χ0) is 9.73. The first-order valence-electron chi connectivity index (χ1n) is 5.54. The van der Waals surface area contributed by atoms with Gasteiger partial charge in [-0.2, -0.15) is 0 Å². The van der Waals surface area contributed by atoms with E-state index in [9.17, 15) is 0 Å². The number of hydrogen-bond acceptors (Lipinski definition) is 2. The van der Waals surface area contributed by atoms with Crippen LogP contribution in [0, 0.1) is 0 Å². The fourth-order valence-electron chi connectivity index (χ4n) is 1.98. The summed E-state index contributed by atoms with van der Waals surface area (Å²) in [5.74, 6) is -0.232. The molecule has 1 aliphatic heterocycles. The highest BCUT2D eigenvalue weighted by atomic mass is 16.7. The van der Waals surface area contributed by atoms with Gasteiger partial charge in [0, 0.05) is 19.4 Å². The molecular formula is C11H22O2. The van der Waals surface area contributed by atoms with Gasteiger partial charge in [-0.15, -0.1) is 0 Å². The lowest BCUT2D eigenvalue weighted by molar-refractivity contribution is -0.226. The monoisotopic (exact) mass is 186 g/mol. The average molecular weight is 186 g/mol. The van der Waals surface area contributed by atoms with Crippen molar-refractivity contribution in [3.63, 3.8) is 0 Å². The van der Waals surface area contributed by atoms with Crippen LogP contribution in [0.25, 0.3) is 0 Å². The van der Waals surface area contributed by atoms with Crippen molar-refractivity contribution in [1.29, 1.82) is 0 Å². The maximum atomic E-state index is 5.87. The van der Waals surface area contributed by atoms with E-state index in [2.05, 4.69) is 13.8 Å². The first kappa shape index (κ1) is 11.0. The molecule has 13 heavy (non-hydrogen) atoms. The predicted molar refractivity (Wildman–Crippen MR) is 53.7 cm³/mol. The van der Waals surface area contributed by atoms with E-state index in [-0.39, 0.29) is 5.79 Å². The molecule has 0 N–H and O–H groups in total. The van der Waals surface area contributed by atoms with Gasteiger partial charge < -0.3 is 9.47 Å². The Morgan fingerprint density at radius 1 is 1.46 bits per heavy atom. The summed E-state index contributed by atoms with van der Waals surface area (Å²) in [5, 5.41) is 0. The molecule has 2 nitrogen and oxygen atoms in total. The summed E-state index contributed by atoms with van der Waals surface area (Å²) in [6, 6.07) is 0. The quantitative estimate of drug-likeness (QED) is 0.657. The van der Waals surface area contributed by atoms with Crippen molar-refractivity contribution >= 4 is 0 Å². The third kappa shape index (κ3) is 2.96. The van der Waals surface area contributed by atoms with Gasteiger partial charge in [0.1, 0.15) is 0 Å². The number of hydrogen-bond donors (Lipinski definition) is 0. The van der Waals surface area contributed by atoms with Crippen molar-refractivity contribution in [2.45, 2.75) is 64.8 Å². The molecule has 2 heteroatoms. The second-order valence-corrected chi connectivity index (χ2v) is 3.91. The van der Waals surface area contributed by atoms with Crippen molar-refractivity contribution in [2.24, 2.45) is 0 Å². The SMILES string of the molecule is CCCCC1(OCC)CCC(C)O1. The minimum Gasteiger partial charge on any atom is -0.350 e. The molecule has 0 saturated carbocycles. The molecule has 1 saturated heterocycles. The number of rotatable bonds is 5. The Hall–Kier alpha value is -0.0800. The molecule has 1 heterocycles. The highest BCUT2D eigenvalue weighted by molar-refractivity contribution is 4.79. The molecule has 0 aromatic carbocycles. The van der Waals surface area contributed by atoms with Crippen LogP contribution in [-0.4, -0.2) is 18.5 Å². The highest BCUT2D eigenvalue weighted by Gasteiger charge is 2.38. The van der Waals surface area contributed by atoms with Gasteiger partial charge in [-0.3, -0.25) is 0 Å². The summed E-state index contributed by atoms with van der Waals surface area (Å²) in [4.78, 5) is 0. The third-order valence-electron chi connectivity index (χ3n) is 2.67. The van der Waals surface area contributed by atoms with Crippen LogP contribution in [0.2, 0.25) is 0 Å². The Kier molecular flexibility index (Phi) is 4.20. The van der Waals surface area contributed by atoms with Crippen molar-refractivity contribution in [1.82, 2.24) is 0 Å². The largest absolute Gasteiger partial charge is 0.350 e. The van der Waals surface area contributed by atoms with E-state index in [0.29, 0.717) is 6.10 Å². The summed E-state index contributed by atoms with van der Waals surface area (Å²) in [6.45, 7) is 7.14. The zero-order valence-electron chi connectivity index (χ0n) is 9.14. The topological polar surface area (TPSA) is 18.5 Å². The minimum atomic E-state index is -0.232. The van der Waals surface area contributed by atoms with Crippen LogP contribution >= 0.6 is 0 Å². The van der Waals surface area contributed by atoms with Gasteiger partial charge in [0.25, 0.3) is 0 Å². The molecule has 2 atom stereocenters. The Labute approximate surface area is 81.6 Å². The van der Waals surface area contributed by atoms with Crippen molar-refractivity contribution in [3.05, 3.63) is 0 Å². The van der Waals surface area contributed by atoms with E-state index < -0.39 is 0 Å². The van der Waals surface area contributed by atoms with E-state index in [1.807, 2.05) is 6.92 Å². The summed E-state index contributed by atoms with van der Waals surface area (Å²) >= 11 is 0. The maximum absolute atomic E-state index is 5.87. The molecule has 0 aromatic heterocycles. The van der Waals surface area contributed by atoms with Crippen molar-refractivity contribution in [2.75, 3.05) is 6.61 Å². The maximum Gasteiger partial charge on any atom is 0.168 e. The van der Waals surface area contributed by atoms with Gasteiger partial charge >= 0.3 is 0 Å². The number of ether oxygens (including phenoxy) is 2. The third-order valence-corrected chi connectivity index (χ3v) is 2.67. The number of unbranched alkanes of at least 4 members (excludes halogenated alkanes) is 1. The molecule has 0 bridgehead atoms. The first-order chi connectivity index (χ1) is 6.22. The zero-order valence-corrected chi connectivity index (χ0v) is 9.14. The van der Waals surface area contributed by atoms with Crippen LogP contribution in [0.4, 0.5) is 0 Å². The fraction of sp³-hybridized carbons (Fsp3) is 1.00.